The van der Waals surface area contributed by atoms with Crippen molar-refractivity contribution in [3.63, 3.8) is 0 Å². The van der Waals surface area contributed by atoms with Gasteiger partial charge in [-0.05, 0) is 36.4 Å². The number of carbonyl (C=O) groups excluding carboxylic acids is 1. The van der Waals surface area contributed by atoms with Crippen LogP contribution in [0, 0.1) is 5.82 Å². The van der Waals surface area contributed by atoms with E-state index in [0.717, 1.165) is 0 Å². The van der Waals surface area contributed by atoms with E-state index in [2.05, 4.69) is 15.7 Å². The Morgan fingerprint density at radius 3 is 2.56 bits per heavy atom. The fourth-order valence-corrected chi connectivity index (χ4v) is 1.37. The van der Waals surface area contributed by atoms with Crippen LogP contribution >= 0.6 is 0 Å². The second kappa shape index (κ2) is 5.24. The summed E-state index contributed by atoms with van der Waals surface area (Å²) >= 11 is 0. The van der Waals surface area contributed by atoms with Crippen molar-refractivity contribution in [1.82, 2.24) is 4.98 Å². The van der Waals surface area contributed by atoms with Crippen LogP contribution in [0.5, 0.6) is 0 Å². The first-order chi connectivity index (χ1) is 8.69. The minimum atomic E-state index is -0.390. The number of nitrogens with two attached hydrogens (primary N) is 1. The zero-order valence-corrected chi connectivity index (χ0v) is 9.35. The van der Waals surface area contributed by atoms with Crippen LogP contribution in [-0.2, 0) is 0 Å². The molecule has 1 aromatic heterocycles. The van der Waals surface area contributed by atoms with Gasteiger partial charge in [0.1, 0.15) is 11.5 Å². The number of rotatable bonds is 3. The largest absolute Gasteiger partial charge is 0.324 e. The third-order valence-electron chi connectivity index (χ3n) is 2.26. The van der Waals surface area contributed by atoms with E-state index in [0.29, 0.717) is 11.4 Å². The first kappa shape index (κ1) is 12.0. The van der Waals surface area contributed by atoms with E-state index in [9.17, 15) is 9.18 Å². The van der Waals surface area contributed by atoms with Gasteiger partial charge in [0.15, 0.2) is 0 Å². The van der Waals surface area contributed by atoms with Crippen LogP contribution < -0.4 is 16.6 Å². The standard InChI is InChI=1S/C12H11FN4O/c13-8-1-3-9(4-2-8)16-12(18)11-7-10(17-14)5-6-15-11/h1-7H,14H2,(H,15,17)(H,16,18). The maximum atomic E-state index is 12.7. The van der Waals surface area contributed by atoms with Crippen LogP contribution in [0.3, 0.4) is 0 Å². The Morgan fingerprint density at radius 2 is 1.89 bits per heavy atom. The summed E-state index contributed by atoms with van der Waals surface area (Å²) in [6, 6.07) is 8.62. The number of hydrogen-bond donors (Lipinski definition) is 3. The summed E-state index contributed by atoms with van der Waals surface area (Å²) in [7, 11) is 0. The number of anilines is 2. The van der Waals surface area contributed by atoms with Crippen LogP contribution in [-0.4, -0.2) is 10.9 Å². The van der Waals surface area contributed by atoms with Crippen LogP contribution in [0.25, 0.3) is 0 Å². The summed E-state index contributed by atoms with van der Waals surface area (Å²) in [4.78, 5) is 15.8. The Hall–Kier alpha value is -2.47. The summed E-state index contributed by atoms with van der Waals surface area (Å²) in [5, 5.41) is 2.60. The summed E-state index contributed by atoms with van der Waals surface area (Å²) in [5.41, 5.74) is 3.71. The lowest BCUT2D eigenvalue weighted by Crippen LogP contribution is -2.15. The number of hydrogen-bond acceptors (Lipinski definition) is 4. The molecular formula is C12H11FN4O. The number of pyridine rings is 1. The minimum absolute atomic E-state index is 0.217. The number of carbonyl (C=O) groups is 1. The molecule has 0 bridgehead atoms. The molecule has 1 amide bonds. The normalized spacial score (nSPS) is 9.89. The topological polar surface area (TPSA) is 80.0 Å². The number of nitrogens with zero attached hydrogens (tertiary/aromatic N) is 1. The van der Waals surface area contributed by atoms with Crippen LogP contribution in [0.4, 0.5) is 15.8 Å². The van der Waals surface area contributed by atoms with Crippen molar-refractivity contribution >= 4 is 17.3 Å². The van der Waals surface area contributed by atoms with Crippen LogP contribution in [0.1, 0.15) is 10.5 Å². The molecular weight excluding hydrogens is 235 g/mol. The molecule has 0 atom stereocenters. The number of hydrazine groups is 1. The molecule has 0 saturated carbocycles. The number of halogens is 1. The molecule has 0 radical (unpaired) electrons. The van der Waals surface area contributed by atoms with Gasteiger partial charge in [0.25, 0.3) is 5.91 Å². The SMILES string of the molecule is NNc1ccnc(C(=O)Nc2ccc(F)cc2)c1. The van der Waals surface area contributed by atoms with E-state index in [1.807, 2.05) is 0 Å². The Kier molecular flexibility index (Phi) is 3.49. The molecule has 0 fully saturated rings. The molecule has 1 aromatic carbocycles. The molecule has 4 N–H and O–H groups in total. The summed E-state index contributed by atoms with van der Waals surface area (Å²) < 4.78 is 12.7. The third-order valence-corrected chi connectivity index (χ3v) is 2.26. The Morgan fingerprint density at radius 1 is 1.17 bits per heavy atom. The smallest absolute Gasteiger partial charge is 0.274 e. The molecule has 6 heteroatoms. The molecule has 0 aliphatic heterocycles. The van der Waals surface area contributed by atoms with E-state index in [-0.39, 0.29) is 11.5 Å². The third kappa shape index (κ3) is 2.80. The molecule has 0 aliphatic carbocycles. The first-order valence-corrected chi connectivity index (χ1v) is 5.18. The molecule has 0 unspecified atom stereocenters. The predicted octanol–water partition coefficient (Wildman–Crippen LogP) is 1.76. The fourth-order valence-electron chi connectivity index (χ4n) is 1.37. The van der Waals surface area contributed by atoms with Gasteiger partial charge < -0.3 is 10.7 Å². The maximum absolute atomic E-state index is 12.7. The molecule has 2 rings (SSSR count). The number of aromatic nitrogens is 1. The van der Waals surface area contributed by atoms with Gasteiger partial charge in [0, 0.05) is 11.9 Å². The van der Waals surface area contributed by atoms with Gasteiger partial charge in [-0.15, -0.1) is 0 Å². The molecule has 0 aliphatic rings. The monoisotopic (exact) mass is 246 g/mol. The Balaban J connectivity index is 2.14. The van der Waals surface area contributed by atoms with Gasteiger partial charge in [-0.2, -0.15) is 0 Å². The highest BCUT2D eigenvalue weighted by molar-refractivity contribution is 6.03. The Labute approximate surface area is 103 Å². The van der Waals surface area contributed by atoms with Crippen molar-refractivity contribution in [2.24, 2.45) is 5.84 Å². The number of benzene rings is 1. The van der Waals surface area contributed by atoms with E-state index in [1.165, 1.54) is 36.5 Å². The fraction of sp³-hybridized carbons (Fsp3) is 0. The zero-order valence-electron chi connectivity index (χ0n) is 9.35. The van der Waals surface area contributed by atoms with Crippen molar-refractivity contribution in [2.75, 3.05) is 10.7 Å². The highest BCUT2D eigenvalue weighted by Crippen LogP contribution is 2.11. The van der Waals surface area contributed by atoms with Crippen molar-refractivity contribution in [2.45, 2.75) is 0 Å². The lowest BCUT2D eigenvalue weighted by Gasteiger charge is -2.05. The van der Waals surface area contributed by atoms with Gasteiger partial charge in [0.2, 0.25) is 0 Å². The molecule has 5 nitrogen and oxygen atoms in total. The van der Waals surface area contributed by atoms with Gasteiger partial charge in [-0.1, -0.05) is 0 Å². The van der Waals surface area contributed by atoms with Gasteiger partial charge in [0.05, 0.1) is 5.69 Å². The average Bonchev–Trinajstić information content (AvgIpc) is 2.41. The van der Waals surface area contributed by atoms with E-state index in [1.54, 1.807) is 6.07 Å². The number of nitrogens with one attached hydrogen (secondary N) is 2. The number of nitrogen functional groups attached to an aromatic ring is 1. The summed E-state index contributed by atoms with van der Waals surface area (Å²) in [6.45, 7) is 0. The zero-order chi connectivity index (χ0) is 13.0. The Bertz CT molecular complexity index is 556. The summed E-state index contributed by atoms with van der Waals surface area (Å²) in [5.74, 6) is 4.49. The quantitative estimate of drug-likeness (QED) is 0.569. The average molecular weight is 246 g/mol. The van der Waals surface area contributed by atoms with Gasteiger partial charge in [-0.25, -0.2) is 4.39 Å². The van der Waals surface area contributed by atoms with Crippen LogP contribution in [0.15, 0.2) is 42.6 Å². The predicted molar refractivity (Wildman–Crippen MR) is 66.4 cm³/mol. The molecule has 0 spiro atoms. The van der Waals surface area contributed by atoms with Gasteiger partial charge in [-0.3, -0.25) is 15.6 Å². The minimum Gasteiger partial charge on any atom is -0.324 e. The maximum Gasteiger partial charge on any atom is 0.274 e. The van der Waals surface area contributed by atoms with E-state index >= 15 is 0 Å². The van der Waals surface area contributed by atoms with Crippen LogP contribution in [0.2, 0.25) is 0 Å². The van der Waals surface area contributed by atoms with Crippen molar-refractivity contribution in [3.8, 4) is 0 Å². The molecule has 0 saturated heterocycles. The second-order valence-electron chi connectivity index (χ2n) is 3.54. The van der Waals surface area contributed by atoms with Crippen molar-refractivity contribution < 1.29 is 9.18 Å². The summed E-state index contributed by atoms with van der Waals surface area (Å²) in [6.07, 6.45) is 1.47. The number of amides is 1. The molecule has 2 aromatic rings. The van der Waals surface area contributed by atoms with Gasteiger partial charge >= 0.3 is 0 Å². The van der Waals surface area contributed by atoms with E-state index in [4.69, 9.17) is 5.84 Å². The molecule has 1 heterocycles. The van der Waals surface area contributed by atoms with Crippen molar-refractivity contribution in [3.05, 3.63) is 54.1 Å². The second-order valence-corrected chi connectivity index (χ2v) is 3.54. The lowest BCUT2D eigenvalue weighted by atomic mass is 10.2. The highest BCUT2D eigenvalue weighted by atomic mass is 19.1. The molecule has 18 heavy (non-hydrogen) atoms. The van der Waals surface area contributed by atoms with E-state index < -0.39 is 5.91 Å². The highest BCUT2D eigenvalue weighted by Gasteiger charge is 2.08. The van der Waals surface area contributed by atoms with Crippen molar-refractivity contribution in [1.29, 1.82) is 0 Å². The first-order valence-electron chi connectivity index (χ1n) is 5.18. The lowest BCUT2D eigenvalue weighted by molar-refractivity contribution is 0.102. The molecule has 92 valence electrons.